The molecule has 3 aliphatic heterocycles. The van der Waals surface area contributed by atoms with E-state index in [1.165, 1.54) is 11.0 Å². The molecule has 0 bridgehead atoms. The largest absolute Gasteiger partial charge is 0.417 e. The topological polar surface area (TPSA) is 100 Å². The molecule has 1 saturated heterocycles. The Morgan fingerprint density at radius 3 is 2.60 bits per heavy atom. The lowest BCUT2D eigenvalue weighted by atomic mass is 9.96. The zero-order chi connectivity index (χ0) is 30.8. The van der Waals surface area contributed by atoms with E-state index in [1.54, 1.807) is 21.8 Å². The number of alkyl halides is 3. The minimum absolute atomic E-state index is 0.0356. The van der Waals surface area contributed by atoms with E-state index in [0.717, 1.165) is 24.1 Å². The fourth-order valence-electron chi connectivity index (χ4n) is 6.21. The molecular weight excluding hydrogens is 605 g/mol. The Morgan fingerprint density at radius 1 is 1.19 bits per heavy atom. The van der Waals surface area contributed by atoms with Crippen molar-refractivity contribution in [1.29, 1.82) is 0 Å². The van der Waals surface area contributed by atoms with Crippen molar-refractivity contribution in [2.75, 3.05) is 18.8 Å². The first-order chi connectivity index (χ1) is 20.3. The van der Waals surface area contributed by atoms with E-state index < -0.39 is 32.8 Å². The Bertz CT molecular complexity index is 1650. The maximum absolute atomic E-state index is 14.0. The molecule has 6 rings (SSSR count). The van der Waals surface area contributed by atoms with Crippen LogP contribution in [0.3, 0.4) is 0 Å². The molecule has 1 aromatic carbocycles. The van der Waals surface area contributed by atoms with E-state index in [1.807, 2.05) is 26.8 Å². The second-order valence-electron chi connectivity index (χ2n) is 11.6. The van der Waals surface area contributed by atoms with Crippen LogP contribution in [0, 0.1) is 0 Å². The van der Waals surface area contributed by atoms with Gasteiger partial charge in [0, 0.05) is 48.6 Å². The second-order valence-corrected chi connectivity index (χ2v) is 14.7. The number of carbonyl (C=O) groups is 2. The average Bonchev–Trinajstić information content (AvgIpc) is 3.58. The number of fused-ring (bicyclic) bond motifs is 3. The van der Waals surface area contributed by atoms with Gasteiger partial charge in [0.15, 0.2) is 0 Å². The molecule has 43 heavy (non-hydrogen) atoms. The summed E-state index contributed by atoms with van der Waals surface area (Å²) in [4.78, 5) is 35.2. The number of thiol groups is 1. The van der Waals surface area contributed by atoms with Crippen LogP contribution in [0.2, 0.25) is 5.02 Å². The highest BCUT2D eigenvalue weighted by molar-refractivity contribution is 8.01. The summed E-state index contributed by atoms with van der Waals surface area (Å²) in [5.41, 5.74) is 1.27. The predicted octanol–water partition coefficient (Wildman–Crippen LogP) is 4.60. The Hall–Kier alpha value is -3.29. The van der Waals surface area contributed by atoms with E-state index in [0.29, 0.717) is 47.2 Å². The first-order valence-electron chi connectivity index (χ1n) is 14.2. The van der Waals surface area contributed by atoms with E-state index in [9.17, 15) is 27.0 Å². The third-order valence-electron chi connectivity index (χ3n) is 8.67. The van der Waals surface area contributed by atoms with Crippen LogP contribution in [0.1, 0.15) is 82.5 Å². The molecule has 0 saturated carbocycles. The summed E-state index contributed by atoms with van der Waals surface area (Å²) >= 11 is 5.77. The van der Waals surface area contributed by atoms with Crippen molar-refractivity contribution in [3.63, 3.8) is 0 Å². The first-order valence-corrected chi connectivity index (χ1v) is 16.4. The second kappa shape index (κ2) is 10.7. The number of halogens is 4. The molecule has 14 heteroatoms. The van der Waals surface area contributed by atoms with Crippen molar-refractivity contribution < 1.29 is 27.0 Å². The van der Waals surface area contributed by atoms with Gasteiger partial charge in [0.2, 0.25) is 0 Å². The van der Waals surface area contributed by atoms with Crippen LogP contribution < -0.4 is 4.72 Å². The number of pyridine rings is 1. The van der Waals surface area contributed by atoms with Gasteiger partial charge in [0.25, 0.3) is 11.8 Å². The van der Waals surface area contributed by atoms with Gasteiger partial charge >= 0.3 is 6.18 Å². The van der Waals surface area contributed by atoms with Gasteiger partial charge in [0.1, 0.15) is 10.7 Å². The number of carbonyl (C=O) groups excluding carboxylic acids is 2. The van der Waals surface area contributed by atoms with Crippen molar-refractivity contribution >= 4 is 33.5 Å². The number of hydrogen-bond donors (Lipinski definition) is 2. The van der Waals surface area contributed by atoms with Gasteiger partial charge in [-0.25, -0.2) is 4.98 Å². The monoisotopic (exact) mass is 636 g/mol. The van der Waals surface area contributed by atoms with Gasteiger partial charge < -0.3 is 9.80 Å². The standard InChI is InChI=1S/C29H32ClF3N6O3S/c1-16-11-24-21(15-37(16)27(40)19-5-7-23(30)22(12-19)29(31,32)33)26-28(41)38(14-17(2)39(26)36-24)18(3)20-6-8-25(34-13-20)43(42)10-4-9-35-43/h5-8,12-13,16-18,43H,4,9-11,14-15H2,1-3H3,(H,35,42)/t16-,17-,18?/m1/s1. The predicted molar refractivity (Wildman–Crippen MR) is 155 cm³/mol. The van der Waals surface area contributed by atoms with Crippen molar-refractivity contribution in [2.24, 2.45) is 0 Å². The summed E-state index contributed by atoms with van der Waals surface area (Å²) < 4.78 is 58.3. The molecule has 5 heterocycles. The minimum atomic E-state index is -4.71. The highest BCUT2D eigenvalue weighted by Gasteiger charge is 2.41. The van der Waals surface area contributed by atoms with Crippen LogP contribution in [0.5, 0.6) is 0 Å². The molecule has 230 valence electrons. The van der Waals surface area contributed by atoms with Crippen LogP contribution in [0.25, 0.3) is 0 Å². The lowest BCUT2D eigenvalue weighted by molar-refractivity contribution is -0.137. The Kier molecular flexibility index (Phi) is 7.41. The Balaban J connectivity index is 1.28. The van der Waals surface area contributed by atoms with Crippen LogP contribution in [0.15, 0.2) is 41.6 Å². The smallest absolute Gasteiger partial charge is 0.331 e. The normalized spacial score (nSPS) is 23.1. The lowest BCUT2D eigenvalue weighted by Crippen LogP contribution is -2.45. The molecule has 9 nitrogen and oxygen atoms in total. The van der Waals surface area contributed by atoms with E-state index >= 15 is 0 Å². The molecule has 3 aliphatic rings. The Labute approximate surface area is 252 Å². The quantitative estimate of drug-likeness (QED) is 0.408. The van der Waals surface area contributed by atoms with Crippen molar-refractivity contribution in [3.8, 4) is 0 Å². The van der Waals surface area contributed by atoms with Crippen molar-refractivity contribution in [1.82, 2.24) is 29.3 Å². The summed E-state index contributed by atoms with van der Waals surface area (Å²) in [5.74, 6) is -0.253. The van der Waals surface area contributed by atoms with Gasteiger partial charge in [-0.2, -0.15) is 18.3 Å². The number of benzene rings is 1. The van der Waals surface area contributed by atoms with Gasteiger partial charge in [-0.15, -0.1) is 0 Å². The van der Waals surface area contributed by atoms with E-state index in [-0.39, 0.29) is 36.1 Å². The van der Waals surface area contributed by atoms with Crippen LogP contribution >= 0.6 is 11.6 Å². The minimum Gasteiger partial charge on any atom is -0.331 e. The number of hydrogen-bond acceptors (Lipinski definition) is 5. The lowest BCUT2D eigenvalue weighted by Gasteiger charge is -2.37. The number of aromatic nitrogens is 3. The summed E-state index contributed by atoms with van der Waals surface area (Å²) in [6.45, 7) is 6.82. The molecule has 0 spiro atoms. The number of nitrogens with zero attached hydrogens (tertiary/aromatic N) is 5. The van der Waals surface area contributed by atoms with Gasteiger partial charge in [0.05, 0.1) is 34.9 Å². The summed E-state index contributed by atoms with van der Waals surface area (Å²) in [6.07, 6.45) is -1.84. The third kappa shape index (κ3) is 5.14. The summed E-state index contributed by atoms with van der Waals surface area (Å²) in [7, 11) is -2.68. The third-order valence-corrected chi connectivity index (χ3v) is 11.7. The van der Waals surface area contributed by atoms with Gasteiger partial charge in [-0.1, -0.05) is 17.7 Å². The maximum atomic E-state index is 14.0. The first kappa shape index (κ1) is 29.8. The summed E-state index contributed by atoms with van der Waals surface area (Å²) in [6, 6.07) is 5.90. The highest BCUT2D eigenvalue weighted by atomic mass is 35.5. The molecule has 2 amide bonds. The summed E-state index contributed by atoms with van der Waals surface area (Å²) in [5, 5.41) is 4.80. The van der Waals surface area contributed by atoms with E-state index in [2.05, 4.69) is 9.71 Å². The van der Waals surface area contributed by atoms with Gasteiger partial charge in [-0.05, 0) is 67.1 Å². The fourth-order valence-corrected chi connectivity index (χ4v) is 8.67. The van der Waals surface area contributed by atoms with Crippen molar-refractivity contribution in [2.45, 2.75) is 69.5 Å². The molecule has 0 aliphatic carbocycles. The Morgan fingerprint density at radius 2 is 1.95 bits per heavy atom. The van der Waals surface area contributed by atoms with E-state index in [4.69, 9.17) is 16.7 Å². The number of rotatable bonds is 4. The average molecular weight is 637 g/mol. The van der Waals surface area contributed by atoms with Gasteiger partial charge in [-0.3, -0.25) is 23.2 Å². The zero-order valence-electron chi connectivity index (χ0n) is 23.9. The van der Waals surface area contributed by atoms with Crippen LogP contribution in [-0.2, 0) is 29.3 Å². The molecule has 1 unspecified atom stereocenters. The maximum Gasteiger partial charge on any atom is 0.417 e. The SMILES string of the molecule is CC(c1ccc([SH]2(=O)CCCN2)nc1)N1C[C@@H](C)n2nc3c(c2C1=O)CN(C(=O)c1ccc(Cl)c(C(F)(F)F)c1)[C@H](C)C3. The molecule has 1 fully saturated rings. The molecular formula is C29H32ClF3N6O3S. The molecule has 0 radical (unpaired) electrons. The molecule has 3 atom stereocenters. The number of amides is 2. The molecule has 1 N–H and O–H groups in total. The molecule has 3 aromatic rings. The van der Waals surface area contributed by atoms with Crippen LogP contribution in [-0.4, -0.2) is 65.5 Å². The van der Waals surface area contributed by atoms with Crippen LogP contribution in [0.4, 0.5) is 13.2 Å². The highest BCUT2D eigenvalue weighted by Crippen LogP contribution is 2.38. The fraction of sp³-hybridized carbons (Fsp3) is 0.448. The number of nitrogens with one attached hydrogen (secondary N) is 1. The van der Waals surface area contributed by atoms with Crippen molar-refractivity contribution in [3.05, 3.63) is 75.2 Å². The zero-order valence-corrected chi connectivity index (χ0v) is 25.5. The molecule has 2 aromatic heterocycles.